The molecule has 1 aliphatic carbocycles. The van der Waals surface area contributed by atoms with E-state index >= 15 is 0 Å². The molecule has 1 aliphatic rings. The van der Waals surface area contributed by atoms with Crippen LogP contribution in [0.25, 0.3) is 11.2 Å². The number of fused-ring (bicyclic) bond motifs is 1. The molecular weight excluding hydrogens is 266 g/mol. The summed E-state index contributed by atoms with van der Waals surface area (Å²) in [6.45, 7) is 0.728. The number of nitrogens with zero attached hydrogens (tertiary/aromatic N) is 3. The van der Waals surface area contributed by atoms with E-state index in [4.69, 9.17) is 10.5 Å². The highest BCUT2D eigenvalue weighted by Crippen LogP contribution is 2.26. The summed E-state index contributed by atoms with van der Waals surface area (Å²) in [6, 6.07) is 1.74. The molecule has 3 N–H and O–H groups in total. The predicted octanol–water partition coefficient (Wildman–Crippen LogP) is 3.06. The van der Waals surface area contributed by atoms with Crippen LogP contribution in [0.3, 0.4) is 0 Å². The van der Waals surface area contributed by atoms with Gasteiger partial charge in [-0.3, -0.25) is 0 Å². The Labute approximate surface area is 124 Å². The summed E-state index contributed by atoms with van der Waals surface area (Å²) >= 11 is 0. The summed E-state index contributed by atoms with van der Waals surface area (Å²) in [5.74, 6) is 1.74. The van der Waals surface area contributed by atoms with E-state index in [0.717, 1.165) is 6.61 Å². The second-order valence-corrected chi connectivity index (χ2v) is 5.93. The minimum absolute atomic E-state index is 0.429. The third kappa shape index (κ3) is 3.62. The van der Waals surface area contributed by atoms with E-state index in [9.17, 15) is 0 Å². The fraction of sp³-hybridized carbons (Fsp3) is 0.667. The van der Waals surface area contributed by atoms with Gasteiger partial charge in [0.2, 0.25) is 0 Å². The van der Waals surface area contributed by atoms with Crippen molar-refractivity contribution >= 4 is 17.0 Å². The molecular formula is C15H23N5O. The molecule has 0 aliphatic heterocycles. The number of nitrogens with two attached hydrogens (primary N) is 1. The molecule has 114 valence electrons. The van der Waals surface area contributed by atoms with Crippen LogP contribution < -0.4 is 10.5 Å². The minimum Gasteiger partial charge on any atom is -0.491 e. The first-order valence-electron chi connectivity index (χ1n) is 7.93. The van der Waals surface area contributed by atoms with Crippen molar-refractivity contribution in [3.63, 3.8) is 0 Å². The van der Waals surface area contributed by atoms with Crippen LogP contribution >= 0.6 is 0 Å². The Kier molecular flexibility index (Phi) is 4.52. The van der Waals surface area contributed by atoms with Crippen molar-refractivity contribution in [1.29, 1.82) is 0 Å². The first-order chi connectivity index (χ1) is 10.3. The number of ether oxygens (including phenoxy) is 1. The van der Waals surface area contributed by atoms with Crippen molar-refractivity contribution in [2.45, 2.75) is 51.4 Å². The van der Waals surface area contributed by atoms with Gasteiger partial charge in [0, 0.05) is 6.07 Å². The lowest BCUT2D eigenvalue weighted by atomic mass is 9.98. The molecule has 3 rings (SSSR count). The molecule has 2 heterocycles. The normalized spacial score (nSPS) is 18.1. The third-order valence-electron chi connectivity index (χ3n) is 4.23. The standard InChI is InChI=1S/C15H23N5O/c16-13-9-12(14-15(17-13)19-20-18-14)21-10-11-7-5-3-1-2-4-6-8-11/h9,11H,1-8,10H2,(H3,16,17,18,19,20). The van der Waals surface area contributed by atoms with E-state index < -0.39 is 0 Å². The van der Waals surface area contributed by atoms with Gasteiger partial charge in [0.25, 0.3) is 0 Å². The lowest BCUT2D eigenvalue weighted by molar-refractivity contribution is 0.229. The number of aromatic amines is 1. The Hall–Kier alpha value is -1.85. The Morgan fingerprint density at radius 3 is 2.62 bits per heavy atom. The van der Waals surface area contributed by atoms with Gasteiger partial charge in [-0.05, 0) is 18.8 Å². The van der Waals surface area contributed by atoms with E-state index in [-0.39, 0.29) is 0 Å². The highest BCUT2D eigenvalue weighted by atomic mass is 16.5. The van der Waals surface area contributed by atoms with Crippen molar-refractivity contribution in [2.24, 2.45) is 5.92 Å². The second-order valence-electron chi connectivity index (χ2n) is 5.93. The van der Waals surface area contributed by atoms with Gasteiger partial charge in [0.05, 0.1) is 6.61 Å². The van der Waals surface area contributed by atoms with Crippen molar-refractivity contribution in [3.05, 3.63) is 6.07 Å². The first kappa shape index (κ1) is 14.1. The fourth-order valence-electron chi connectivity index (χ4n) is 3.03. The van der Waals surface area contributed by atoms with Crippen LogP contribution in [0.1, 0.15) is 51.4 Å². The molecule has 6 nitrogen and oxygen atoms in total. The fourth-order valence-corrected chi connectivity index (χ4v) is 3.03. The van der Waals surface area contributed by atoms with Crippen LogP contribution in [0.4, 0.5) is 5.82 Å². The maximum atomic E-state index is 5.99. The topological polar surface area (TPSA) is 89.7 Å². The summed E-state index contributed by atoms with van der Waals surface area (Å²) in [6.07, 6.45) is 10.6. The van der Waals surface area contributed by atoms with Crippen LogP contribution in [0.15, 0.2) is 6.07 Å². The predicted molar refractivity (Wildman–Crippen MR) is 82.0 cm³/mol. The van der Waals surface area contributed by atoms with Crippen LogP contribution in [0.2, 0.25) is 0 Å². The third-order valence-corrected chi connectivity index (χ3v) is 4.23. The second kappa shape index (κ2) is 6.74. The van der Waals surface area contributed by atoms with Crippen LogP contribution in [-0.4, -0.2) is 27.0 Å². The molecule has 0 atom stereocenters. The molecule has 0 bridgehead atoms. The number of hydrogen-bond donors (Lipinski definition) is 2. The van der Waals surface area contributed by atoms with Crippen molar-refractivity contribution < 1.29 is 4.74 Å². The zero-order valence-electron chi connectivity index (χ0n) is 12.3. The Balaban J connectivity index is 1.65. The lowest BCUT2D eigenvalue weighted by Crippen LogP contribution is -2.12. The molecule has 0 aromatic carbocycles. The summed E-state index contributed by atoms with van der Waals surface area (Å²) in [7, 11) is 0. The lowest BCUT2D eigenvalue weighted by Gasteiger charge is -2.17. The average Bonchev–Trinajstić information content (AvgIpc) is 2.97. The van der Waals surface area contributed by atoms with Crippen molar-refractivity contribution in [3.8, 4) is 5.75 Å². The molecule has 0 radical (unpaired) electrons. The zero-order chi connectivity index (χ0) is 14.5. The Morgan fingerprint density at radius 2 is 1.86 bits per heavy atom. The molecule has 21 heavy (non-hydrogen) atoms. The average molecular weight is 289 g/mol. The Bertz CT molecular complexity index is 572. The SMILES string of the molecule is Nc1cc(OCC2CCCCCCCC2)c2nn[nH]c2n1. The van der Waals surface area contributed by atoms with Crippen LogP contribution in [0, 0.1) is 5.92 Å². The number of pyridine rings is 1. The van der Waals surface area contributed by atoms with Gasteiger partial charge in [-0.25, -0.2) is 10.1 Å². The number of H-pyrrole nitrogens is 1. The number of rotatable bonds is 3. The van der Waals surface area contributed by atoms with Crippen molar-refractivity contribution in [2.75, 3.05) is 12.3 Å². The molecule has 0 saturated heterocycles. The summed E-state index contributed by atoms with van der Waals surface area (Å²) < 4.78 is 5.99. The van der Waals surface area contributed by atoms with E-state index in [1.54, 1.807) is 6.07 Å². The first-order valence-corrected chi connectivity index (χ1v) is 7.93. The van der Waals surface area contributed by atoms with Crippen LogP contribution in [0.5, 0.6) is 5.75 Å². The maximum absolute atomic E-state index is 5.99. The number of anilines is 1. The van der Waals surface area contributed by atoms with Gasteiger partial charge in [-0.1, -0.05) is 43.7 Å². The summed E-state index contributed by atoms with van der Waals surface area (Å²) in [5, 5.41) is 10.5. The highest BCUT2D eigenvalue weighted by molar-refractivity contribution is 5.78. The molecule has 1 saturated carbocycles. The van der Waals surface area contributed by atoms with E-state index in [1.165, 1.54) is 51.4 Å². The smallest absolute Gasteiger partial charge is 0.181 e. The minimum atomic E-state index is 0.429. The van der Waals surface area contributed by atoms with E-state index in [0.29, 0.717) is 28.6 Å². The molecule has 2 aromatic rings. The number of nitrogen functional groups attached to an aromatic ring is 1. The van der Waals surface area contributed by atoms with Gasteiger partial charge in [-0.2, -0.15) is 0 Å². The molecule has 0 spiro atoms. The van der Waals surface area contributed by atoms with E-state index in [2.05, 4.69) is 20.4 Å². The van der Waals surface area contributed by atoms with Gasteiger partial charge in [-0.15, -0.1) is 5.10 Å². The zero-order valence-corrected chi connectivity index (χ0v) is 12.3. The number of aromatic nitrogens is 4. The summed E-state index contributed by atoms with van der Waals surface area (Å²) in [5.41, 5.74) is 7.03. The van der Waals surface area contributed by atoms with Gasteiger partial charge in [0.1, 0.15) is 5.82 Å². The molecule has 0 amide bonds. The van der Waals surface area contributed by atoms with Crippen molar-refractivity contribution in [1.82, 2.24) is 20.4 Å². The number of hydrogen-bond acceptors (Lipinski definition) is 5. The molecule has 0 unspecified atom stereocenters. The van der Waals surface area contributed by atoms with Gasteiger partial charge >= 0.3 is 0 Å². The van der Waals surface area contributed by atoms with Gasteiger partial charge < -0.3 is 10.5 Å². The van der Waals surface area contributed by atoms with Gasteiger partial charge in [0.15, 0.2) is 16.9 Å². The Morgan fingerprint density at radius 1 is 1.14 bits per heavy atom. The molecule has 1 fully saturated rings. The monoisotopic (exact) mass is 289 g/mol. The van der Waals surface area contributed by atoms with E-state index in [1.807, 2.05) is 0 Å². The molecule has 6 heteroatoms. The largest absolute Gasteiger partial charge is 0.491 e. The van der Waals surface area contributed by atoms with Crippen LogP contribution in [-0.2, 0) is 0 Å². The summed E-state index contributed by atoms with van der Waals surface area (Å²) in [4.78, 5) is 4.15. The maximum Gasteiger partial charge on any atom is 0.181 e. The number of nitrogens with one attached hydrogen (secondary N) is 1. The quantitative estimate of drug-likeness (QED) is 0.906. The molecule has 2 aromatic heterocycles. The highest BCUT2D eigenvalue weighted by Gasteiger charge is 2.14.